The molecule has 2 heterocycles. The van der Waals surface area contributed by atoms with E-state index in [4.69, 9.17) is 5.11 Å². The second kappa shape index (κ2) is 7.75. The Bertz CT molecular complexity index is 978. The second-order valence-corrected chi connectivity index (χ2v) is 6.42. The highest BCUT2D eigenvalue weighted by molar-refractivity contribution is 7.13. The van der Waals surface area contributed by atoms with Crippen LogP contribution in [0, 0.1) is 0 Å². The van der Waals surface area contributed by atoms with Crippen molar-refractivity contribution in [2.45, 2.75) is 13.1 Å². The van der Waals surface area contributed by atoms with Gasteiger partial charge in [0.25, 0.3) is 5.56 Å². The van der Waals surface area contributed by atoms with Crippen molar-refractivity contribution >= 4 is 23.2 Å². The van der Waals surface area contributed by atoms with Gasteiger partial charge in [0.15, 0.2) is 0 Å². The van der Waals surface area contributed by atoms with Gasteiger partial charge in [0.1, 0.15) is 12.2 Å². The third-order valence-electron chi connectivity index (χ3n) is 3.62. The molecule has 2 aromatic heterocycles. The van der Waals surface area contributed by atoms with Gasteiger partial charge in [-0.3, -0.25) is 9.59 Å². The zero-order valence-corrected chi connectivity index (χ0v) is 14.4. The molecule has 0 saturated carbocycles. The smallest absolute Gasteiger partial charge is 0.335 e. The molecule has 0 fully saturated rings. The van der Waals surface area contributed by atoms with E-state index < -0.39 is 5.97 Å². The van der Waals surface area contributed by atoms with Crippen LogP contribution in [0.2, 0.25) is 0 Å². The molecular formula is C18H15N3O4S. The van der Waals surface area contributed by atoms with Crippen LogP contribution in [0.1, 0.15) is 15.9 Å². The maximum atomic E-state index is 12.1. The van der Waals surface area contributed by atoms with Crippen LogP contribution < -0.4 is 10.9 Å². The van der Waals surface area contributed by atoms with Crippen LogP contribution in [0.3, 0.4) is 0 Å². The third kappa shape index (κ3) is 4.22. The van der Waals surface area contributed by atoms with Crippen molar-refractivity contribution in [3.8, 4) is 10.6 Å². The molecule has 8 heteroatoms. The number of aromatic carboxylic acids is 1. The summed E-state index contributed by atoms with van der Waals surface area (Å²) < 4.78 is 1.12. The average molecular weight is 369 g/mol. The molecule has 26 heavy (non-hydrogen) atoms. The fourth-order valence-electron chi connectivity index (χ4n) is 2.28. The molecule has 0 atom stereocenters. The lowest BCUT2D eigenvalue weighted by atomic mass is 10.1. The highest BCUT2D eigenvalue weighted by atomic mass is 32.1. The Hall–Kier alpha value is -3.26. The van der Waals surface area contributed by atoms with Gasteiger partial charge in [-0.15, -0.1) is 11.3 Å². The molecule has 0 saturated heterocycles. The summed E-state index contributed by atoms with van der Waals surface area (Å²) in [5.41, 5.74) is 1.22. The van der Waals surface area contributed by atoms with Crippen LogP contribution in [-0.2, 0) is 17.9 Å². The zero-order chi connectivity index (χ0) is 18.5. The number of aromatic nitrogens is 2. The Morgan fingerprint density at radius 1 is 1.12 bits per heavy atom. The van der Waals surface area contributed by atoms with Gasteiger partial charge < -0.3 is 10.4 Å². The normalized spacial score (nSPS) is 10.5. The summed E-state index contributed by atoms with van der Waals surface area (Å²) in [6.07, 6.45) is 0. The van der Waals surface area contributed by atoms with E-state index in [1.807, 2.05) is 17.5 Å². The number of benzene rings is 1. The Labute approximate surface area is 152 Å². The number of carbonyl (C=O) groups is 2. The number of thiophene rings is 1. The van der Waals surface area contributed by atoms with Gasteiger partial charge in [-0.1, -0.05) is 18.2 Å². The van der Waals surface area contributed by atoms with Crippen molar-refractivity contribution in [1.82, 2.24) is 15.1 Å². The second-order valence-electron chi connectivity index (χ2n) is 5.47. The predicted molar refractivity (Wildman–Crippen MR) is 97.1 cm³/mol. The van der Waals surface area contributed by atoms with Crippen molar-refractivity contribution in [2.75, 3.05) is 0 Å². The largest absolute Gasteiger partial charge is 0.478 e. The SMILES string of the molecule is O=C(Cn1nc(-c2cccs2)ccc1=O)NCc1ccc(C(=O)O)cc1. The van der Waals surface area contributed by atoms with Gasteiger partial charge in [0.2, 0.25) is 5.91 Å². The number of carboxylic acid groups (broad SMARTS) is 1. The lowest BCUT2D eigenvalue weighted by molar-refractivity contribution is -0.122. The van der Waals surface area contributed by atoms with Crippen molar-refractivity contribution < 1.29 is 14.7 Å². The molecule has 0 radical (unpaired) electrons. The summed E-state index contributed by atoms with van der Waals surface area (Å²) in [6, 6.07) is 13.0. The Kier molecular flexibility index (Phi) is 5.23. The quantitative estimate of drug-likeness (QED) is 0.692. The topological polar surface area (TPSA) is 101 Å². The minimum atomic E-state index is -1.00. The van der Waals surface area contributed by atoms with E-state index in [2.05, 4.69) is 10.4 Å². The van der Waals surface area contributed by atoms with Crippen molar-refractivity contribution in [2.24, 2.45) is 0 Å². The molecule has 0 bridgehead atoms. The summed E-state index contributed by atoms with van der Waals surface area (Å²) in [5.74, 6) is -1.36. The first-order chi connectivity index (χ1) is 12.5. The molecule has 0 aliphatic heterocycles. The van der Waals surface area contributed by atoms with Gasteiger partial charge in [0.05, 0.1) is 10.4 Å². The van der Waals surface area contributed by atoms with Crippen LogP contribution >= 0.6 is 11.3 Å². The molecule has 7 nitrogen and oxygen atoms in total. The molecule has 0 aliphatic carbocycles. The Morgan fingerprint density at radius 3 is 2.54 bits per heavy atom. The van der Waals surface area contributed by atoms with E-state index in [-0.39, 0.29) is 30.1 Å². The predicted octanol–water partition coefficient (Wildman–Crippen LogP) is 1.99. The minimum absolute atomic E-state index is 0.182. The number of amides is 1. The monoisotopic (exact) mass is 369 g/mol. The first kappa shape index (κ1) is 17.6. The van der Waals surface area contributed by atoms with E-state index in [0.717, 1.165) is 15.1 Å². The highest BCUT2D eigenvalue weighted by Crippen LogP contribution is 2.20. The summed E-state index contributed by atoms with van der Waals surface area (Å²) in [5, 5.41) is 17.7. The average Bonchev–Trinajstić information content (AvgIpc) is 3.17. The van der Waals surface area contributed by atoms with Gasteiger partial charge in [-0.2, -0.15) is 5.10 Å². The molecular weight excluding hydrogens is 354 g/mol. The molecule has 0 unspecified atom stereocenters. The molecule has 1 amide bonds. The standard InChI is InChI=1S/C18H15N3O4S/c22-16(19-10-12-3-5-13(6-4-12)18(24)25)11-21-17(23)8-7-14(20-21)15-2-1-9-26-15/h1-9H,10-11H2,(H,19,22)(H,24,25). The van der Waals surface area contributed by atoms with Gasteiger partial charge in [-0.25, -0.2) is 9.48 Å². The Morgan fingerprint density at radius 2 is 1.88 bits per heavy atom. The first-order valence-electron chi connectivity index (χ1n) is 7.74. The van der Waals surface area contributed by atoms with Crippen LogP contribution in [0.5, 0.6) is 0 Å². The van der Waals surface area contributed by atoms with Crippen LogP contribution in [0.25, 0.3) is 10.6 Å². The van der Waals surface area contributed by atoms with Crippen LogP contribution in [-0.4, -0.2) is 26.8 Å². The summed E-state index contributed by atoms with van der Waals surface area (Å²) in [6.45, 7) is 0.0450. The van der Waals surface area contributed by atoms with E-state index in [0.29, 0.717) is 5.69 Å². The maximum absolute atomic E-state index is 12.1. The number of hydrogen-bond donors (Lipinski definition) is 2. The highest BCUT2D eigenvalue weighted by Gasteiger charge is 2.09. The fraction of sp³-hybridized carbons (Fsp3) is 0.111. The van der Waals surface area contributed by atoms with Crippen LogP contribution in [0.4, 0.5) is 0 Å². The van der Waals surface area contributed by atoms with Crippen LogP contribution in [0.15, 0.2) is 58.7 Å². The number of hydrogen-bond acceptors (Lipinski definition) is 5. The molecule has 3 aromatic rings. The third-order valence-corrected chi connectivity index (χ3v) is 4.52. The minimum Gasteiger partial charge on any atom is -0.478 e. The number of carboxylic acids is 1. The summed E-state index contributed by atoms with van der Waals surface area (Å²) in [4.78, 5) is 35.8. The van der Waals surface area contributed by atoms with E-state index in [9.17, 15) is 14.4 Å². The van der Waals surface area contributed by atoms with Gasteiger partial charge in [-0.05, 0) is 35.2 Å². The van der Waals surface area contributed by atoms with Gasteiger partial charge >= 0.3 is 5.97 Å². The summed E-state index contributed by atoms with van der Waals surface area (Å²) >= 11 is 1.50. The van der Waals surface area contributed by atoms with Gasteiger partial charge in [0, 0.05) is 12.6 Å². The van der Waals surface area contributed by atoms with E-state index in [1.54, 1.807) is 18.2 Å². The molecule has 1 aromatic carbocycles. The number of rotatable bonds is 6. The van der Waals surface area contributed by atoms with Crippen molar-refractivity contribution in [3.05, 3.63) is 75.4 Å². The number of nitrogens with one attached hydrogen (secondary N) is 1. The fourth-order valence-corrected chi connectivity index (χ4v) is 2.97. The number of carbonyl (C=O) groups excluding carboxylic acids is 1. The molecule has 0 spiro atoms. The lowest BCUT2D eigenvalue weighted by Crippen LogP contribution is -2.33. The molecule has 0 aliphatic rings. The molecule has 2 N–H and O–H groups in total. The van der Waals surface area contributed by atoms with E-state index >= 15 is 0 Å². The summed E-state index contributed by atoms with van der Waals surface area (Å²) in [7, 11) is 0. The number of nitrogens with zero attached hydrogens (tertiary/aromatic N) is 2. The molecule has 3 rings (SSSR count). The lowest BCUT2D eigenvalue weighted by Gasteiger charge is -2.08. The first-order valence-corrected chi connectivity index (χ1v) is 8.62. The van der Waals surface area contributed by atoms with Crippen molar-refractivity contribution in [1.29, 1.82) is 0 Å². The molecule has 132 valence electrons. The van der Waals surface area contributed by atoms with Crippen molar-refractivity contribution in [3.63, 3.8) is 0 Å². The Balaban J connectivity index is 1.64. The zero-order valence-electron chi connectivity index (χ0n) is 13.6. The maximum Gasteiger partial charge on any atom is 0.335 e. The van der Waals surface area contributed by atoms with E-state index in [1.165, 1.54) is 29.5 Å².